The van der Waals surface area contributed by atoms with E-state index in [1.54, 1.807) is 0 Å². The molecule has 9 rings (SSSR count). The maximum absolute atomic E-state index is 6.50. The Bertz CT molecular complexity index is 2120. The zero-order valence-corrected chi connectivity index (χ0v) is 29.1. The summed E-state index contributed by atoms with van der Waals surface area (Å²) in [5.74, 6) is 4.04. The minimum atomic E-state index is 0. The Labute approximate surface area is 290 Å². The number of nitrogens with zero attached hydrogens (tertiary/aromatic N) is 5. The number of anilines is 3. The largest absolute Gasteiger partial charge is 0.509 e. The third kappa shape index (κ3) is 4.95. The third-order valence-corrected chi connectivity index (χ3v) is 10.3. The van der Waals surface area contributed by atoms with Gasteiger partial charge in [-0.2, -0.15) is 12.1 Å². The van der Waals surface area contributed by atoms with Gasteiger partial charge in [0.25, 0.3) is 0 Å². The predicted octanol–water partition coefficient (Wildman–Crippen LogP) is 9.67. The van der Waals surface area contributed by atoms with E-state index in [-0.39, 0.29) is 32.0 Å². The van der Waals surface area contributed by atoms with E-state index in [0.29, 0.717) is 11.5 Å². The van der Waals surface area contributed by atoms with E-state index in [2.05, 4.69) is 109 Å². The number of hydrogen-bond acceptors (Lipinski definition) is 5. The van der Waals surface area contributed by atoms with Crippen molar-refractivity contribution in [2.45, 2.75) is 63.8 Å². The molecule has 0 saturated heterocycles. The van der Waals surface area contributed by atoms with Crippen LogP contribution < -0.4 is 14.5 Å². The summed E-state index contributed by atoms with van der Waals surface area (Å²) in [6.45, 7) is 8.93. The van der Waals surface area contributed by atoms with Crippen LogP contribution in [-0.2, 0) is 26.5 Å². The second kappa shape index (κ2) is 11.2. The molecule has 4 heterocycles. The van der Waals surface area contributed by atoms with Crippen LogP contribution in [0.2, 0.25) is 0 Å². The fourth-order valence-electron chi connectivity index (χ4n) is 7.97. The fraction of sp³-hybridized carbons (Fsp3) is 0.275. The van der Waals surface area contributed by atoms with E-state index in [1.807, 2.05) is 36.7 Å². The molecule has 7 heteroatoms. The van der Waals surface area contributed by atoms with Crippen molar-refractivity contribution in [2.24, 2.45) is 5.92 Å². The van der Waals surface area contributed by atoms with Crippen molar-refractivity contribution in [3.63, 3.8) is 0 Å². The fourth-order valence-corrected chi connectivity index (χ4v) is 7.97. The van der Waals surface area contributed by atoms with Crippen molar-refractivity contribution in [3.8, 4) is 17.3 Å². The number of pyridine rings is 2. The summed E-state index contributed by atoms with van der Waals surface area (Å²) >= 11 is 0. The van der Waals surface area contributed by atoms with Crippen molar-refractivity contribution >= 4 is 39.0 Å². The van der Waals surface area contributed by atoms with Crippen molar-refractivity contribution in [2.75, 3.05) is 9.80 Å². The molecule has 1 aliphatic heterocycles. The number of ether oxygens (including phenoxy) is 1. The van der Waals surface area contributed by atoms with Gasteiger partial charge in [-0.05, 0) is 84.7 Å². The van der Waals surface area contributed by atoms with E-state index in [1.165, 1.54) is 37.7 Å². The molecule has 2 aliphatic carbocycles. The standard InChI is InChI=1S/C40H36N5O.Pt/c1-39(2,3)28-17-21-41-37(22-28)45-34-11-5-4-10-32(34)33-14-13-31(24-36(33)45)46-30-9-6-8-29(23-30)43-26-44(38-35(43)12-7-20-42-38)40-18-15-27(25-40)16-19-40;/h4-14,17,20-22,26-27H,15-16,18-19,25H2,1-3H3;/q-3;. The van der Waals surface area contributed by atoms with E-state index >= 15 is 0 Å². The van der Waals surface area contributed by atoms with Gasteiger partial charge >= 0.3 is 0 Å². The summed E-state index contributed by atoms with van der Waals surface area (Å²) in [5, 5.41) is 2.27. The van der Waals surface area contributed by atoms with Crippen molar-refractivity contribution in [3.05, 3.63) is 116 Å². The van der Waals surface area contributed by atoms with Crippen molar-refractivity contribution < 1.29 is 25.8 Å². The second-order valence-electron chi connectivity index (χ2n) is 14.2. The van der Waals surface area contributed by atoms with Crippen molar-refractivity contribution in [1.29, 1.82) is 0 Å². The van der Waals surface area contributed by atoms with Crippen LogP contribution in [0.5, 0.6) is 11.5 Å². The van der Waals surface area contributed by atoms with Gasteiger partial charge in [-0.15, -0.1) is 48.1 Å². The minimum absolute atomic E-state index is 0. The van der Waals surface area contributed by atoms with Gasteiger partial charge < -0.3 is 19.1 Å². The maximum Gasteiger partial charge on any atom is 0.135 e. The van der Waals surface area contributed by atoms with Crippen LogP contribution in [0.15, 0.2) is 91.3 Å². The van der Waals surface area contributed by atoms with Crippen molar-refractivity contribution in [1.82, 2.24) is 14.5 Å². The normalized spacial score (nSPS) is 20.2. The van der Waals surface area contributed by atoms with Gasteiger partial charge in [0.2, 0.25) is 0 Å². The number of aromatic nitrogens is 3. The van der Waals surface area contributed by atoms with E-state index < -0.39 is 0 Å². The Morgan fingerprint density at radius 2 is 1.68 bits per heavy atom. The summed E-state index contributed by atoms with van der Waals surface area (Å²) in [7, 11) is 0. The second-order valence-corrected chi connectivity index (χ2v) is 14.2. The Kier molecular flexibility index (Phi) is 7.22. The van der Waals surface area contributed by atoms with Gasteiger partial charge in [0, 0.05) is 56.0 Å². The quantitative estimate of drug-likeness (QED) is 0.163. The van der Waals surface area contributed by atoms with Gasteiger partial charge in [-0.25, -0.2) is 9.97 Å². The minimum Gasteiger partial charge on any atom is -0.509 e. The molecule has 47 heavy (non-hydrogen) atoms. The molecule has 0 amide bonds. The van der Waals surface area contributed by atoms with Crippen LogP contribution in [0.4, 0.5) is 17.2 Å². The summed E-state index contributed by atoms with van der Waals surface area (Å²) < 4.78 is 8.69. The molecular formula is C40H36N5OPt-3. The van der Waals surface area contributed by atoms with Gasteiger partial charge in [-0.3, -0.25) is 0 Å². The van der Waals surface area contributed by atoms with E-state index in [4.69, 9.17) is 14.7 Å². The molecule has 6 aromatic rings. The summed E-state index contributed by atoms with van der Waals surface area (Å²) in [5.41, 5.74) is 5.46. The molecule has 3 aromatic carbocycles. The molecule has 0 atom stereocenters. The Morgan fingerprint density at radius 3 is 2.49 bits per heavy atom. The molecule has 2 saturated carbocycles. The SMILES string of the molecule is CC(C)(C)c1ccnc(-n2c3[c-]c(Oc4[c-]c(N5[CH-]N(C67CCC(CC6)C7)c6ncccc65)ccc4)ccc3c3ccccc32)c1.[Pt]. The first kappa shape index (κ1) is 30.2. The maximum atomic E-state index is 6.50. The first-order valence-electron chi connectivity index (χ1n) is 16.4. The number of para-hydroxylation sites is 1. The average Bonchev–Trinajstić information content (AvgIpc) is 3.85. The third-order valence-electron chi connectivity index (χ3n) is 10.3. The monoisotopic (exact) mass is 797 g/mol. The molecular weight excluding hydrogens is 762 g/mol. The number of fused-ring (bicyclic) bond motifs is 6. The Hall–Kier alpha value is -4.15. The molecule has 0 unspecified atom stereocenters. The average molecular weight is 798 g/mol. The van der Waals surface area contributed by atoms with Crippen LogP contribution in [0.1, 0.15) is 58.4 Å². The zero-order chi connectivity index (χ0) is 31.0. The molecule has 0 spiro atoms. The number of hydrogen-bond donors (Lipinski definition) is 0. The molecule has 2 fully saturated rings. The Balaban J connectivity index is 0.00000324. The van der Waals surface area contributed by atoms with Crippen LogP contribution >= 0.6 is 0 Å². The number of benzene rings is 3. The molecule has 2 bridgehead atoms. The summed E-state index contributed by atoms with van der Waals surface area (Å²) in [6.07, 6.45) is 10.2. The molecule has 6 nitrogen and oxygen atoms in total. The topological polar surface area (TPSA) is 46.4 Å². The predicted molar refractivity (Wildman–Crippen MR) is 184 cm³/mol. The van der Waals surface area contributed by atoms with Gasteiger partial charge in [0.05, 0.1) is 5.69 Å². The van der Waals surface area contributed by atoms with Gasteiger partial charge in [-0.1, -0.05) is 44.5 Å². The number of rotatable bonds is 5. The van der Waals surface area contributed by atoms with Crippen LogP contribution in [0.3, 0.4) is 0 Å². The molecule has 3 aromatic heterocycles. The molecule has 240 valence electrons. The zero-order valence-electron chi connectivity index (χ0n) is 26.8. The Morgan fingerprint density at radius 1 is 0.851 bits per heavy atom. The van der Waals surface area contributed by atoms with E-state index in [0.717, 1.165) is 50.7 Å². The summed E-state index contributed by atoms with van der Waals surface area (Å²) in [4.78, 5) is 14.3. The van der Waals surface area contributed by atoms with Gasteiger partial charge in [0.1, 0.15) is 11.6 Å². The molecule has 0 N–H and O–H groups in total. The molecule has 0 radical (unpaired) electrons. The smallest absolute Gasteiger partial charge is 0.135 e. The first-order valence-corrected chi connectivity index (χ1v) is 16.4. The van der Waals surface area contributed by atoms with E-state index in [9.17, 15) is 0 Å². The van der Waals surface area contributed by atoms with Crippen LogP contribution in [0.25, 0.3) is 27.6 Å². The van der Waals surface area contributed by atoms with Gasteiger partial charge in [0.15, 0.2) is 0 Å². The summed E-state index contributed by atoms with van der Waals surface area (Å²) in [6, 6.07) is 34.3. The van der Waals surface area contributed by atoms with Crippen LogP contribution in [0, 0.1) is 24.7 Å². The molecule has 3 aliphatic rings. The first-order chi connectivity index (χ1) is 22.4. The van der Waals surface area contributed by atoms with Crippen LogP contribution in [-0.4, -0.2) is 20.1 Å².